The summed E-state index contributed by atoms with van der Waals surface area (Å²) in [6.45, 7) is 6.41. The van der Waals surface area contributed by atoms with Crippen LogP contribution in [0.1, 0.15) is 13.3 Å². The van der Waals surface area contributed by atoms with E-state index in [1.165, 1.54) is 4.57 Å². The molecule has 0 saturated carbocycles. The molecule has 0 aromatic carbocycles. The summed E-state index contributed by atoms with van der Waals surface area (Å²) in [5, 5.41) is 9.04. The van der Waals surface area contributed by atoms with Crippen LogP contribution in [0.3, 0.4) is 0 Å². The Hall–Kier alpha value is -2.02. The first-order valence-electron chi connectivity index (χ1n) is 6.16. The van der Waals surface area contributed by atoms with E-state index in [0.717, 1.165) is 6.42 Å². The van der Waals surface area contributed by atoms with Crippen LogP contribution in [0.4, 0.5) is 11.5 Å². The number of aromatic amines is 1. The van der Waals surface area contributed by atoms with Crippen LogP contribution in [0.5, 0.6) is 0 Å². The van der Waals surface area contributed by atoms with Gasteiger partial charge in [-0.25, -0.2) is 4.79 Å². The summed E-state index contributed by atoms with van der Waals surface area (Å²) in [6.07, 6.45) is 2.32. The molecule has 106 valence electrons. The first kappa shape index (κ1) is 15.0. The summed E-state index contributed by atoms with van der Waals surface area (Å²) in [5.74, 6) is 0.117. The lowest BCUT2D eigenvalue weighted by Gasteiger charge is -2.24. The van der Waals surface area contributed by atoms with E-state index in [9.17, 15) is 9.59 Å². The number of anilines is 2. The Morgan fingerprint density at radius 3 is 2.74 bits per heavy atom. The van der Waals surface area contributed by atoms with E-state index in [1.54, 1.807) is 11.0 Å². The first-order valence-corrected chi connectivity index (χ1v) is 6.16. The molecule has 0 unspecified atom stereocenters. The van der Waals surface area contributed by atoms with E-state index in [0.29, 0.717) is 13.1 Å². The zero-order valence-electron chi connectivity index (χ0n) is 11.1. The normalized spacial score (nSPS) is 10.4. The van der Waals surface area contributed by atoms with Crippen molar-refractivity contribution in [3.05, 3.63) is 33.5 Å². The standard InChI is InChI=1S/C12H20N4O3/c1-3-5-15(7-8-17)9-10(13)16(6-4-2)12(19)14-11(9)18/h3,17H,1,4-8,13H2,2H3,(H,14,18,19). The second-order valence-corrected chi connectivity index (χ2v) is 4.10. The number of rotatable bonds is 7. The van der Waals surface area contributed by atoms with Gasteiger partial charge in [0.1, 0.15) is 11.5 Å². The summed E-state index contributed by atoms with van der Waals surface area (Å²) in [7, 11) is 0. The second-order valence-electron chi connectivity index (χ2n) is 4.10. The van der Waals surface area contributed by atoms with E-state index >= 15 is 0 Å². The third kappa shape index (κ3) is 3.25. The van der Waals surface area contributed by atoms with E-state index in [-0.39, 0.29) is 24.7 Å². The third-order valence-electron chi connectivity index (χ3n) is 2.70. The molecule has 1 aromatic rings. The maximum absolute atomic E-state index is 11.9. The van der Waals surface area contributed by atoms with Crippen molar-refractivity contribution in [1.82, 2.24) is 9.55 Å². The fourth-order valence-corrected chi connectivity index (χ4v) is 1.90. The lowest BCUT2D eigenvalue weighted by atomic mass is 10.3. The van der Waals surface area contributed by atoms with Gasteiger partial charge < -0.3 is 15.7 Å². The predicted octanol–water partition coefficient (Wildman–Crippen LogP) is -0.486. The first-order chi connectivity index (χ1) is 9.06. The van der Waals surface area contributed by atoms with Crippen molar-refractivity contribution < 1.29 is 5.11 Å². The number of hydrogen-bond donors (Lipinski definition) is 3. The maximum atomic E-state index is 11.9. The number of nitrogens with one attached hydrogen (secondary N) is 1. The number of nitrogen functional groups attached to an aromatic ring is 1. The second kappa shape index (κ2) is 6.79. The average molecular weight is 268 g/mol. The molecule has 0 spiro atoms. The largest absolute Gasteiger partial charge is 0.395 e. The molecule has 0 aliphatic heterocycles. The molecule has 7 nitrogen and oxygen atoms in total. The lowest BCUT2D eigenvalue weighted by molar-refractivity contribution is 0.303. The van der Waals surface area contributed by atoms with Crippen LogP contribution in [-0.2, 0) is 6.54 Å². The molecular weight excluding hydrogens is 248 g/mol. The number of aliphatic hydroxyl groups excluding tert-OH is 1. The smallest absolute Gasteiger partial charge is 0.330 e. The van der Waals surface area contributed by atoms with Crippen LogP contribution >= 0.6 is 0 Å². The zero-order valence-corrected chi connectivity index (χ0v) is 11.1. The van der Waals surface area contributed by atoms with Crippen molar-refractivity contribution in [2.45, 2.75) is 19.9 Å². The van der Waals surface area contributed by atoms with E-state index in [1.807, 2.05) is 6.92 Å². The van der Waals surface area contributed by atoms with Gasteiger partial charge in [-0.05, 0) is 6.42 Å². The summed E-state index contributed by atoms with van der Waals surface area (Å²) in [4.78, 5) is 27.4. The lowest BCUT2D eigenvalue weighted by Crippen LogP contribution is -2.39. The monoisotopic (exact) mass is 268 g/mol. The van der Waals surface area contributed by atoms with Gasteiger partial charge in [0.15, 0.2) is 0 Å². The maximum Gasteiger partial charge on any atom is 0.330 e. The van der Waals surface area contributed by atoms with Gasteiger partial charge in [0.05, 0.1) is 6.61 Å². The van der Waals surface area contributed by atoms with Gasteiger partial charge in [-0.15, -0.1) is 6.58 Å². The number of aliphatic hydroxyl groups is 1. The van der Waals surface area contributed by atoms with Crippen molar-refractivity contribution in [3.63, 3.8) is 0 Å². The van der Waals surface area contributed by atoms with Crippen LogP contribution in [-0.4, -0.2) is 34.4 Å². The molecule has 0 radical (unpaired) electrons. The Labute approximate surface area is 111 Å². The molecule has 0 aliphatic rings. The molecule has 0 amide bonds. The van der Waals surface area contributed by atoms with Crippen molar-refractivity contribution in [2.24, 2.45) is 0 Å². The molecule has 1 heterocycles. The van der Waals surface area contributed by atoms with Crippen LogP contribution in [0.2, 0.25) is 0 Å². The molecular formula is C12H20N4O3. The Bertz CT molecular complexity index is 547. The van der Waals surface area contributed by atoms with Gasteiger partial charge in [-0.2, -0.15) is 0 Å². The van der Waals surface area contributed by atoms with Crippen molar-refractivity contribution in [1.29, 1.82) is 0 Å². The van der Waals surface area contributed by atoms with E-state index in [4.69, 9.17) is 10.8 Å². The highest BCUT2D eigenvalue weighted by molar-refractivity contribution is 5.62. The number of hydrogen-bond acceptors (Lipinski definition) is 5. The number of H-pyrrole nitrogens is 1. The highest BCUT2D eigenvalue weighted by Gasteiger charge is 2.17. The van der Waals surface area contributed by atoms with Crippen LogP contribution in [0, 0.1) is 0 Å². The summed E-state index contributed by atoms with van der Waals surface area (Å²) < 4.78 is 1.32. The van der Waals surface area contributed by atoms with Crippen molar-refractivity contribution >= 4 is 11.5 Å². The van der Waals surface area contributed by atoms with Crippen LogP contribution in [0.25, 0.3) is 0 Å². The van der Waals surface area contributed by atoms with Crippen molar-refractivity contribution in [2.75, 3.05) is 30.3 Å². The zero-order chi connectivity index (χ0) is 14.4. The quantitative estimate of drug-likeness (QED) is 0.579. The van der Waals surface area contributed by atoms with Crippen LogP contribution in [0.15, 0.2) is 22.2 Å². The Morgan fingerprint density at radius 2 is 2.21 bits per heavy atom. The highest BCUT2D eigenvalue weighted by Crippen LogP contribution is 2.16. The topological polar surface area (TPSA) is 104 Å². The molecule has 1 rings (SSSR count). The molecule has 0 saturated heterocycles. The van der Waals surface area contributed by atoms with Gasteiger partial charge >= 0.3 is 5.69 Å². The minimum absolute atomic E-state index is 0.117. The minimum Gasteiger partial charge on any atom is -0.395 e. The fraction of sp³-hybridized carbons (Fsp3) is 0.500. The number of nitrogens with two attached hydrogens (primary N) is 1. The fourth-order valence-electron chi connectivity index (χ4n) is 1.90. The molecule has 7 heteroatoms. The molecule has 0 fully saturated rings. The van der Waals surface area contributed by atoms with Gasteiger partial charge in [0.25, 0.3) is 5.56 Å². The number of aromatic nitrogens is 2. The Morgan fingerprint density at radius 1 is 1.53 bits per heavy atom. The minimum atomic E-state index is -0.551. The Balaban J connectivity index is 3.39. The van der Waals surface area contributed by atoms with Gasteiger partial charge in [0.2, 0.25) is 0 Å². The molecule has 19 heavy (non-hydrogen) atoms. The molecule has 0 aliphatic carbocycles. The Kier molecular flexibility index (Phi) is 5.37. The summed E-state index contributed by atoms with van der Waals surface area (Å²) in [5.41, 5.74) is 5.05. The third-order valence-corrected chi connectivity index (χ3v) is 2.70. The van der Waals surface area contributed by atoms with E-state index < -0.39 is 11.2 Å². The highest BCUT2D eigenvalue weighted by atomic mass is 16.3. The summed E-state index contributed by atoms with van der Waals surface area (Å²) in [6, 6.07) is 0. The van der Waals surface area contributed by atoms with Crippen molar-refractivity contribution in [3.8, 4) is 0 Å². The molecule has 1 aromatic heterocycles. The molecule has 0 atom stereocenters. The SMILES string of the molecule is C=CCN(CCO)c1c(N)n(CCC)c(=O)[nH]c1=O. The van der Waals surface area contributed by atoms with E-state index in [2.05, 4.69) is 11.6 Å². The average Bonchev–Trinajstić information content (AvgIpc) is 2.34. The predicted molar refractivity (Wildman–Crippen MR) is 75.5 cm³/mol. The van der Waals surface area contributed by atoms with Gasteiger partial charge in [-0.1, -0.05) is 13.0 Å². The molecule has 4 N–H and O–H groups in total. The molecule has 0 bridgehead atoms. The summed E-state index contributed by atoms with van der Waals surface area (Å²) >= 11 is 0. The van der Waals surface area contributed by atoms with Gasteiger partial charge in [0, 0.05) is 19.6 Å². The van der Waals surface area contributed by atoms with Gasteiger partial charge in [-0.3, -0.25) is 14.3 Å². The van der Waals surface area contributed by atoms with Crippen LogP contribution < -0.4 is 21.9 Å². The number of nitrogens with zero attached hydrogens (tertiary/aromatic N) is 2.